The van der Waals surface area contributed by atoms with E-state index in [0.29, 0.717) is 6.54 Å². The largest absolute Gasteiger partial charge is 0.361 e. The lowest BCUT2D eigenvalue weighted by atomic mass is 10.2. The van der Waals surface area contributed by atoms with Crippen LogP contribution in [0, 0.1) is 0 Å². The molecule has 0 amide bonds. The molecule has 0 aliphatic heterocycles. The van der Waals surface area contributed by atoms with Gasteiger partial charge in [0.05, 0.1) is 18.5 Å². The Bertz CT molecular complexity index is 1180. The highest BCUT2D eigenvalue weighted by Gasteiger charge is 2.07. The summed E-state index contributed by atoms with van der Waals surface area (Å²) in [5.41, 5.74) is 4.22. The van der Waals surface area contributed by atoms with Crippen LogP contribution in [0.25, 0.3) is 22.2 Å². The number of benzene rings is 2. The zero-order valence-corrected chi connectivity index (χ0v) is 16.9. The highest BCUT2D eigenvalue weighted by molar-refractivity contribution is 9.10. The third-order valence-corrected chi connectivity index (χ3v) is 5.45. The Labute approximate surface area is 169 Å². The van der Waals surface area contributed by atoms with E-state index in [1.165, 1.54) is 0 Å². The van der Waals surface area contributed by atoms with Crippen LogP contribution in [-0.2, 0) is 0 Å². The lowest BCUT2D eigenvalue weighted by molar-refractivity contribution is 0.840. The SMILES string of the molecule is C=CCN=c1scc(-c2ccccc2)n1N=Cc1c[nH]c2ccc(Br)cc12. The van der Waals surface area contributed by atoms with Crippen LogP contribution >= 0.6 is 27.3 Å². The van der Waals surface area contributed by atoms with Crippen LogP contribution in [0.2, 0.25) is 0 Å². The van der Waals surface area contributed by atoms with E-state index in [2.05, 4.69) is 62.1 Å². The summed E-state index contributed by atoms with van der Waals surface area (Å²) in [6, 6.07) is 16.4. The van der Waals surface area contributed by atoms with Crippen LogP contribution in [0.3, 0.4) is 0 Å². The number of rotatable bonds is 5. The van der Waals surface area contributed by atoms with E-state index in [1.807, 2.05) is 41.4 Å². The Kier molecular flexibility index (Phi) is 5.18. The van der Waals surface area contributed by atoms with E-state index < -0.39 is 0 Å². The van der Waals surface area contributed by atoms with Gasteiger partial charge in [-0.15, -0.1) is 17.9 Å². The normalized spacial score (nSPS) is 12.3. The van der Waals surface area contributed by atoms with Crippen molar-refractivity contribution in [1.82, 2.24) is 9.66 Å². The number of hydrogen-bond acceptors (Lipinski definition) is 3. The molecule has 2 aromatic carbocycles. The van der Waals surface area contributed by atoms with Crippen molar-refractivity contribution in [2.24, 2.45) is 10.1 Å². The number of H-pyrrole nitrogens is 1. The zero-order valence-electron chi connectivity index (χ0n) is 14.5. The topological polar surface area (TPSA) is 45.4 Å². The van der Waals surface area contributed by atoms with Crippen molar-refractivity contribution in [2.75, 3.05) is 6.54 Å². The molecule has 0 bridgehead atoms. The lowest BCUT2D eigenvalue weighted by Gasteiger charge is -2.03. The average Bonchev–Trinajstić information content (AvgIpc) is 3.28. The Morgan fingerprint density at radius 3 is 2.85 bits per heavy atom. The minimum absolute atomic E-state index is 0.560. The van der Waals surface area contributed by atoms with Gasteiger partial charge in [-0.05, 0) is 18.2 Å². The van der Waals surface area contributed by atoms with Gasteiger partial charge in [0, 0.05) is 38.1 Å². The predicted octanol–water partition coefficient (Wildman–Crippen LogP) is 5.43. The Morgan fingerprint density at radius 2 is 2.04 bits per heavy atom. The fourth-order valence-electron chi connectivity index (χ4n) is 2.81. The lowest BCUT2D eigenvalue weighted by Crippen LogP contribution is -2.12. The molecule has 134 valence electrons. The molecule has 6 heteroatoms. The molecule has 0 saturated carbocycles. The summed E-state index contributed by atoms with van der Waals surface area (Å²) >= 11 is 5.11. The summed E-state index contributed by atoms with van der Waals surface area (Å²) in [5, 5.41) is 7.96. The standard InChI is InChI=1S/C21H17BrN4S/c1-2-10-23-21-26(20(14-27-21)15-6-4-3-5-7-15)25-13-16-12-24-19-9-8-17(22)11-18(16)19/h2-9,11-14,24H,1,10H2. The summed E-state index contributed by atoms with van der Waals surface area (Å²) < 4.78 is 2.93. The van der Waals surface area contributed by atoms with Crippen molar-refractivity contribution < 1.29 is 0 Å². The van der Waals surface area contributed by atoms with Crippen molar-refractivity contribution in [3.8, 4) is 11.3 Å². The molecule has 27 heavy (non-hydrogen) atoms. The van der Waals surface area contributed by atoms with Gasteiger partial charge in [0.25, 0.3) is 0 Å². The van der Waals surface area contributed by atoms with E-state index in [9.17, 15) is 0 Å². The Morgan fingerprint density at radius 1 is 1.19 bits per heavy atom. The van der Waals surface area contributed by atoms with Gasteiger partial charge in [0.1, 0.15) is 0 Å². The first-order valence-electron chi connectivity index (χ1n) is 8.44. The monoisotopic (exact) mass is 436 g/mol. The van der Waals surface area contributed by atoms with Crippen LogP contribution in [0.15, 0.2) is 87.3 Å². The number of hydrogen-bond donors (Lipinski definition) is 1. The fraction of sp³-hybridized carbons (Fsp3) is 0.0476. The first-order valence-corrected chi connectivity index (χ1v) is 10.1. The van der Waals surface area contributed by atoms with E-state index >= 15 is 0 Å². The van der Waals surface area contributed by atoms with Crippen molar-refractivity contribution in [1.29, 1.82) is 0 Å². The van der Waals surface area contributed by atoms with E-state index in [-0.39, 0.29) is 0 Å². The Balaban J connectivity index is 1.82. The second-order valence-corrected chi connectivity index (χ2v) is 7.64. The number of aromatic amines is 1. The maximum Gasteiger partial charge on any atom is 0.206 e. The summed E-state index contributed by atoms with van der Waals surface area (Å²) in [7, 11) is 0. The number of nitrogens with one attached hydrogen (secondary N) is 1. The van der Waals surface area contributed by atoms with Crippen molar-refractivity contribution >= 4 is 44.4 Å². The zero-order chi connectivity index (χ0) is 18.6. The van der Waals surface area contributed by atoms with Crippen LogP contribution in [0.4, 0.5) is 0 Å². The molecule has 0 saturated heterocycles. The molecular formula is C21H17BrN4S. The molecule has 2 heterocycles. The summed E-state index contributed by atoms with van der Waals surface area (Å²) in [6.07, 6.45) is 5.63. The molecule has 0 atom stereocenters. The number of halogens is 1. The molecule has 2 aromatic heterocycles. The average molecular weight is 437 g/mol. The summed E-state index contributed by atoms with van der Waals surface area (Å²) in [6.45, 7) is 4.31. The third kappa shape index (κ3) is 3.72. The van der Waals surface area contributed by atoms with E-state index in [1.54, 1.807) is 17.4 Å². The molecule has 0 spiro atoms. The molecule has 0 aliphatic rings. The molecule has 1 N–H and O–H groups in total. The van der Waals surface area contributed by atoms with Gasteiger partial charge in [0.2, 0.25) is 4.80 Å². The quantitative estimate of drug-likeness (QED) is 0.320. The molecule has 4 rings (SSSR count). The highest BCUT2D eigenvalue weighted by atomic mass is 79.9. The minimum Gasteiger partial charge on any atom is -0.361 e. The fourth-order valence-corrected chi connectivity index (χ4v) is 4.02. The second-order valence-electron chi connectivity index (χ2n) is 5.89. The van der Waals surface area contributed by atoms with Crippen LogP contribution < -0.4 is 4.80 Å². The van der Waals surface area contributed by atoms with Crippen molar-refractivity contribution in [2.45, 2.75) is 0 Å². The van der Waals surface area contributed by atoms with Crippen LogP contribution in [0.1, 0.15) is 5.56 Å². The molecule has 0 unspecified atom stereocenters. The first kappa shape index (κ1) is 17.7. The highest BCUT2D eigenvalue weighted by Crippen LogP contribution is 2.23. The van der Waals surface area contributed by atoms with E-state index in [0.717, 1.165) is 37.0 Å². The third-order valence-electron chi connectivity index (χ3n) is 4.10. The Hall–Kier alpha value is -2.70. The second kappa shape index (κ2) is 7.90. The molecule has 0 aliphatic carbocycles. The number of aromatic nitrogens is 2. The molecular weight excluding hydrogens is 420 g/mol. The van der Waals surface area contributed by atoms with Gasteiger partial charge in [-0.3, -0.25) is 4.99 Å². The molecule has 0 fully saturated rings. The number of fused-ring (bicyclic) bond motifs is 1. The van der Waals surface area contributed by atoms with Gasteiger partial charge in [-0.2, -0.15) is 5.10 Å². The first-order chi connectivity index (χ1) is 13.3. The smallest absolute Gasteiger partial charge is 0.206 e. The van der Waals surface area contributed by atoms with Gasteiger partial charge < -0.3 is 4.98 Å². The molecule has 0 radical (unpaired) electrons. The summed E-state index contributed by atoms with van der Waals surface area (Å²) in [5.74, 6) is 0. The maximum atomic E-state index is 4.76. The van der Waals surface area contributed by atoms with Gasteiger partial charge in [0.15, 0.2) is 0 Å². The van der Waals surface area contributed by atoms with Gasteiger partial charge in [-0.1, -0.05) is 52.3 Å². The van der Waals surface area contributed by atoms with Crippen molar-refractivity contribution in [3.63, 3.8) is 0 Å². The molecule has 4 aromatic rings. The maximum absolute atomic E-state index is 4.76. The van der Waals surface area contributed by atoms with E-state index in [4.69, 9.17) is 5.10 Å². The predicted molar refractivity (Wildman–Crippen MR) is 117 cm³/mol. The number of thiazole rings is 1. The van der Waals surface area contributed by atoms with Crippen molar-refractivity contribution in [3.05, 3.63) is 87.6 Å². The minimum atomic E-state index is 0.560. The van der Waals surface area contributed by atoms with Crippen LogP contribution in [0.5, 0.6) is 0 Å². The van der Waals surface area contributed by atoms with Gasteiger partial charge >= 0.3 is 0 Å². The molecule has 4 nitrogen and oxygen atoms in total. The number of nitrogens with zero attached hydrogens (tertiary/aromatic N) is 3. The van der Waals surface area contributed by atoms with Crippen LogP contribution in [-0.4, -0.2) is 22.4 Å². The van der Waals surface area contributed by atoms with Gasteiger partial charge in [-0.25, -0.2) is 4.68 Å². The summed E-state index contributed by atoms with van der Waals surface area (Å²) in [4.78, 5) is 8.71.